The maximum Gasteiger partial charge on any atom is 0.251 e. The van der Waals surface area contributed by atoms with Crippen LogP contribution in [0.2, 0.25) is 0 Å². The van der Waals surface area contributed by atoms with Crippen molar-refractivity contribution in [3.05, 3.63) is 52.2 Å². The quantitative estimate of drug-likeness (QED) is 0.868. The summed E-state index contributed by atoms with van der Waals surface area (Å²) in [5.74, 6) is 0.654. The normalized spacial score (nSPS) is 16.5. The molecule has 1 aliphatic rings. The fraction of sp³-hybridized carbons (Fsp3) is 0.421. The van der Waals surface area contributed by atoms with Crippen LogP contribution in [0.5, 0.6) is 5.75 Å². The third kappa shape index (κ3) is 4.16. The van der Waals surface area contributed by atoms with Crippen LogP contribution in [0.1, 0.15) is 40.5 Å². The molecule has 1 aromatic heterocycles. The van der Waals surface area contributed by atoms with Crippen molar-refractivity contribution in [1.82, 2.24) is 10.2 Å². The van der Waals surface area contributed by atoms with E-state index >= 15 is 0 Å². The highest BCUT2D eigenvalue weighted by molar-refractivity contribution is 7.10. The molecule has 4 nitrogen and oxygen atoms in total. The lowest BCUT2D eigenvalue weighted by molar-refractivity contribution is 0.0925. The van der Waals surface area contributed by atoms with Crippen LogP contribution in [0.3, 0.4) is 0 Å². The first-order chi connectivity index (χ1) is 11.8. The van der Waals surface area contributed by atoms with Gasteiger partial charge in [-0.05, 0) is 55.6 Å². The zero-order chi connectivity index (χ0) is 16.8. The van der Waals surface area contributed by atoms with Crippen LogP contribution in [-0.4, -0.2) is 37.6 Å². The fourth-order valence-corrected chi connectivity index (χ4v) is 4.04. The molecule has 5 heteroatoms. The molecule has 1 amide bonds. The summed E-state index contributed by atoms with van der Waals surface area (Å²) >= 11 is 1.77. The number of nitrogens with one attached hydrogen (secondary N) is 1. The Bertz CT molecular complexity index is 651. The number of carbonyl (C=O) groups is 1. The van der Waals surface area contributed by atoms with Crippen molar-refractivity contribution in [3.8, 4) is 5.75 Å². The van der Waals surface area contributed by atoms with Crippen LogP contribution in [0.4, 0.5) is 0 Å². The van der Waals surface area contributed by atoms with Crippen LogP contribution < -0.4 is 10.1 Å². The molecule has 1 N–H and O–H groups in total. The van der Waals surface area contributed by atoms with E-state index in [0.717, 1.165) is 13.1 Å². The number of likely N-dealkylation sites (tertiary alicyclic amines) is 1. The number of hydrogen-bond acceptors (Lipinski definition) is 4. The summed E-state index contributed by atoms with van der Waals surface area (Å²) in [6.45, 7) is 2.85. The molecule has 24 heavy (non-hydrogen) atoms. The number of ether oxygens (including phenoxy) is 1. The second kappa shape index (κ2) is 8.31. The summed E-state index contributed by atoms with van der Waals surface area (Å²) in [6, 6.07) is 11.8. The van der Waals surface area contributed by atoms with E-state index in [1.807, 2.05) is 18.2 Å². The third-order valence-corrected chi connectivity index (χ3v) is 5.46. The highest BCUT2D eigenvalue weighted by Crippen LogP contribution is 2.27. The van der Waals surface area contributed by atoms with Gasteiger partial charge in [0, 0.05) is 17.0 Å². The van der Waals surface area contributed by atoms with Crippen molar-refractivity contribution in [3.63, 3.8) is 0 Å². The first kappa shape index (κ1) is 17.0. The molecule has 2 aromatic rings. The van der Waals surface area contributed by atoms with Gasteiger partial charge >= 0.3 is 0 Å². The van der Waals surface area contributed by atoms with E-state index in [-0.39, 0.29) is 11.9 Å². The first-order valence-electron chi connectivity index (χ1n) is 8.47. The summed E-state index contributed by atoms with van der Waals surface area (Å²) in [7, 11) is 1.61. The molecule has 1 atom stereocenters. The molecule has 0 radical (unpaired) electrons. The summed E-state index contributed by atoms with van der Waals surface area (Å²) < 4.78 is 5.20. The number of piperidine rings is 1. The van der Waals surface area contributed by atoms with E-state index in [2.05, 4.69) is 27.7 Å². The number of hydrogen-bond donors (Lipinski definition) is 1. The minimum absolute atomic E-state index is 0.0486. The maximum absolute atomic E-state index is 12.5. The minimum Gasteiger partial charge on any atom is -0.497 e. The second-order valence-corrected chi connectivity index (χ2v) is 7.05. The van der Waals surface area contributed by atoms with E-state index in [0.29, 0.717) is 17.9 Å². The van der Waals surface area contributed by atoms with Gasteiger partial charge in [0.15, 0.2) is 0 Å². The predicted molar refractivity (Wildman–Crippen MR) is 97.8 cm³/mol. The van der Waals surface area contributed by atoms with Crippen molar-refractivity contribution in [1.29, 1.82) is 0 Å². The largest absolute Gasteiger partial charge is 0.497 e. The molecular weight excluding hydrogens is 320 g/mol. The van der Waals surface area contributed by atoms with E-state index in [9.17, 15) is 4.79 Å². The zero-order valence-electron chi connectivity index (χ0n) is 14.0. The van der Waals surface area contributed by atoms with Gasteiger partial charge in [0.05, 0.1) is 13.2 Å². The number of amides is 1. The number of carbonyl (C=O) groups excluding carboxylic acids is 1. The van der Waals surface area contributed by atoms with E-state index < -0.39 is 0 Å². The standard InChI is InChI=1S/C19H24N2O2S/c1-23-16-8-5-7-15(13-16)19(22)20-14-17(18-9-6-12-24-18)21-10-3-2-4-11-21/h5-9,12-13,17H,2-4,10-11,14H2,1H3,(H,20,22)/t17-/m0/s1. The Hall–Kier alpha value is -1.85. The third-order valence-electron chi connectivity index (χ3n) is 4.49. The molecular formula is C19H24N2O2S. The van der Waals surface area contributed by atoms with E-state index in [4.69, 9.17) is 4.74 Å². The van der Waals surface area contributed by atoms with Gasteiger partial charge in [0.25, 0.3) is 5.91 Å². The first-order valence-corrected chi connectivity index (χ1v) is 9.35. The molecule has 0 aliphatic carbocycles. The smallest absolute Gasteiger partial charge is 0.251 e. The number of benzene rings is 1. The predicted octanol–water partition coefficient (Wildman–Crippen LogP) is 3.71. The molecule has 1 aliphatic heterocycles. The molecule has 0 unspecified atom stereocenters. The van der Waals surface area contributed by atoms with E-state index in [1.165, 1.54) is 24.1 Å². The zero-order valence-corrected chi connectivity index (χ0v) is 14.8. The van der Waals surface area contributed by atoms with E-state index in [1.54, 1.807) is 24.5 Å². The van der Waals surface area contributed by atoms with Gasteiger partial charge < -0.3 is 10.1 Å². The molecule has 1 saturated heterocycles. The SMILES string of the molecule is COc1cccc(C(=O)NC[C@@H](c2cccs2)N2CCCCC2)c1. The molecule has 1 aromatic carbocycles. The molecule has 0 saturated carbocycles. The minimum atomic E-state index is -0.0486. The molecule has 0 spiro atoms. The van der Waals surface area contributed by atoms with Crippen molar-refractivity contribution in [2.45, 2.75) is 25.3 Å². The average Bonchev–Trinajstić information content (AvgIpc) is 3.17. The Morgan fingerprint density at radius 3 is 2.79 bits per heavy atom. The van der Waals surface area contributed by atoms with Gasteiger partial charge in [0.1, 0.15) is 5.75 Å². The van der Waals surface area contributed by atoms with Crippen LogP contribution in [-0.2, 0) is 0 Å². The summed E-state index contributed by atoms with van der Waals surface area (Å²) in [5.41, 5.74) is 0.637. The molecule has 2 heterocycles. The molecule has 0 bridgehead atoms. The summed E-state index contributed by atoms with van der Waals surface area (Å²) in [4.78, 5) is 16.3. The summed E-state index contributed by atoms with van der Waals surface area (Å²) in [6.07, 6.45) is 3.79. The second-order valence-electron chi connectivity index (χ2n) is 6.07. The molecule has 128 valence electrons. The number of thiophene rings is 1. The Balaban J connectivity index is 1.67. The Morgan fingerprint density at radius 2 is 2.08 bits per heavy atom. The Labute approximate surface area is 147 Å². The number of methoxy groups -OCH3 is 1. The van der Waals surface area contributed by atoms with Gasteiger partial charge in [0.2, 0.25) is 0 Å². The average molecular weight is 344 g/mol. The van der Waals surface area contributed by atoms with Gasteiger partial charge in [-0.1, -0.05) is 18.6 Å². The Morgan fingerprint density at radius 1 is 1.25 bits per heavy atom. The molecule has 3 rings (SSSR count). The maximum atomic E-state index is 12.5. The van der Waals surface area contributed by atoms with Crippen LogP contribution in [0.25, 0.3) is 0 Å². The molecule has 1 fully saturated rings. The van der Waals surface area contributed by atoms with Crippen molar-refractivity contribution in [2.75, 3.05) is 26.7 Å². The number of nitrogens with zero attached hydrogens (tertiary/aromatic N) is 1. The van der Waals surface area contributed by atoms with Gasteiger partial charge in [-0.2, -0.15) is 0 Å². The van der Waals surface area contributed by atoms with Gasteiger partial charge in [-0.3, -0.25) is 9.69 Å². The monoisotopic (exact) mass is 344 g/mol. The highest BCUT2D eigenvalue weighted by Gasteiger charge is 2.23. The topological polar surface area (TPSA) is 41.6 Å². The fourth-order valence-electron chi connectivity index (χ4n) is 3.18. The highest BCUT2D eigenvalue weighted by atomic mass is 32.1. The van der Waals surface area contributed by atoms with Crippen LogP contribution in [0.15, 0.2) is 41.8 Å². The lowest BCUT2D eigenvalue weighted by atomic mass is 10.1. The van der Waals surface area contributed by atoms with Crippen LogP contribution >= 0.6 is 11.3 Å². The van der Waals surface area contributed by atoms with Crippen molar-refractivity contribution >= 4 is 17.2 Å². The lowest BCUT2D eigenvalue weighted by Crippen LogP contribution is -2.40. The lowest BCUT2D eigenvalue weighted by Gasteiger charge is -2.34. The van der Waals surface area contributed by atoms with Crippen LogP contribution in [0, 0.1) is 0 Å². The van der Waals surface area contributed by atoms with Crippen molar-refractivity contribution < 1.29 is 9.53 Å². The van der Waals surface area contributed by atoms with Gasteiger partial charge in [-0.25, -0.2) is 0 Å². The number of rotatable bonds is 6. The Kier molecular flexibility index (Phi) is 5.88. The summed E-state index contributed by atoms with van der Waals surface area (Å²) in [5, 5.41) is 5.21. The van der Waals surface area contributed by atoms with Crippen molar-refractivity contribution in [2.24, 2.45) is 0 Å². The van der Waals surface area contributed by atoms with Gasteiger partial charge in [-0.15, -0.1) is 11.3 Å².